The highest BCUT2D eigenvalue weighted by molar-refractivity contribution is 5.79. The molecule has 0 aromatic carbocycles. The lowest BCUT2D eigenvalue weighted by atomic mass is 10.0. The lowest BCUT2D eigenvalue weighted by molar-refractivity contribution is -0.138. The predicted octanol–water partition coefficient (Wildman–Crippen LogP) is 0.520. The second-order valence-corrected chi connectivity index (χ2v) is 4.36. The third-order valence-electron chi connectivity index (χ3n) is 2.30. The zero-order valence-corrected chi connectivity index (χ0v) is 11.0. The van der Waals surface area contributed by atoms with Crippen molar-refractivity contribution in [1.82, 2.24) is 10.6 Å². The highest BCUT2D eigenvalue weighted by Gasteiger charge is 2.12. The molecule has 0 rings (SSSR count). The van der Waals surface area contributed by atoms with Gasteiger partial charge in [0.05, 0.1) is 0 Å². The lowest BCUT2D eigenvalue weighted by Gasteiger charge is -2.09. The summed E-state index contributed by atoms with van der Waals surface area (Å²) in [6.07, 6.45) is 1.27. The first-order chi connectivity index (χ1) is 8.45. The third-order valence-corrected chi connectivity index (χ3v) is 2.30. The van der Waals surface area contributed by atoms with E-state index in [4.69, 9.17) is 5.11 Å². The molecule has 104 valence electrons. The first kappa shape index (κ1) is 16.4. The Morgan fingerprint density at radius 2 is 1.67 bits per heavy atom. The lowest BCUT2D eigenvalue weighted by Crippen LogP contribution is -2.31. The minimum absolute atomic E-state index is 0.0234. The first-order valence-corrected chi connectivity index (χ1v) is 6.20. The Morgan fingerprint density at radius 3 is 2.22 bits per heavy atom. The van der Waals surface area contributed by atoms with Crippen molar-refractivity contribution in [3.8, 4) is 0 Å². The Labute approximate surface area is 107 Å². The molecule has 0 aromatic rings. The van der Waals surface area contributed by atoms with Crippen LogP contribution in [0.1, 0.15) is 39.5 Å². The van der Waals surface area contributed by atoms with Crippen LogP contribution in [0.5, 0.6) is 0 Å². The van der Waals surface area contributed by atoms with Gasteiger partial charge in [-0.05, 0) is 12.3 Å². The van der Waals surface area contributed by atoms with E-state index in [1.54, 1.807) is 6.92 Å². The number of hydrogen-bond donors (Lipinski definition) is 3. The van der Waals surface area contributed by atoms with Gasteiger partial charge in [-0.3, -0.25) is 14.4 Å². The fourth-order valence-corrected chi connectivity index (χ4v) is 1.43. The van der Waals surface area contributed by atoms with Crippen molar-refractivity contribution in [2.24, 2.45) is 5.92 Å². The molecule has 6 heteroatoms. The molecule has 3 N–H and O–H groups in total. The van der Waals surface area contributed by atoms with E-state index in [0.717, 1.165) is 6.42 Å². The molecule has 6 nitrogen and oxygen atoms in total. The average molecular weight is 258 g/mol. The Balaban J connectivity index is 3.64. The fraction of sp³-hybridized carbons (Fsp3) is 0.750. The van der Waals surface area contributed by atoms with Gasteiger partial charge in [0.25, 0.3) is 0 Å². The van der Waals surface area contributed by atoms with Crippen LogP contribution in [0.2, 0.25) is 0 Å². The van der Waals surface area contributed by atoms with E-state index < -0.39 is 5.97 Å². The molecular formula is C12H22N2O4. The molecule has 18 heavy (non-hydrogen) atoms. The van der Waals surface area contributed by atoms with Crippen LogP contribution in [0, 0.1) is 5.92 Å². The number of hydrogen-bond acceptors (Lipinski definition) is 3. The van der Waals surface area contributed by atoms with Gasteiger partial charge < -0.3 is 15.7 Å². The van der Waals surface area contributed by atoms with E-state index in [9.17, 15) is 14.4 Å². The highest BCUT2D eigenvalue weighted by atomic mass is 16.4. The summed E-state index contributed by atoms with van der Waals surface area (Å²) in [7, 11) is 0. The van der Waals surface area contributed by atoms with Crippen molar-refractivity contribution in [3.63, 3.8) is 0 Å². The Bertz CT molecular complexity index is 292. The van der Waals surface area contributed by atoms with Crippen LogP contribution >= 0.6 is 0 Å². The van der Waals surface area contributed by atoms with E-state index in [2.05, 4.69) is 10.6 Å². The Morgan fingerprint density at radius 1 is 1.06 bits per heavy atom. The van der Waals surface area contributed by atoms with Crippen LogP contribution in [0.3, 0.4) is 0 Å². The smallest absolute Gasteiger partial charge is 0.303 e. The van der Waals surface area contributed by atoms with Crippen molar-refractivity contribution >= 4 is 17.8 Å². The molecule has 0 aromatic heterocycles. The van der Waals surface area contributed by atoms with Crippen LogP contribution in [0.15, 0.2) is 0 Å². The Hall–Kier alpha value is -1.59. The second kappa shape index (κ2) is 9.44. The minimum Gasteiger partial charge on any atom is -0.481 e. The third kappa shape index (κ3) is 9.62. The molecule has 0 aliphatic rings. The normalized spacial score (nSPS) is 11.7. The first-order valence-electron chi connectivity index (χ1n) is 6.20. The monoisotopic (exact) mass is 258 g/mol. The average Bonchev–Trinajstić information content (AvgIpc) is 2.24. The number of carbonyl (C=O) groups excluding carboxylic acids is 2. The molecule has 0 bridgehead atoms. The van der Waals surface area contributed by atoms with Crippen LogP contribution in [-0.4, -0.2) is 36.0 Å². The number of amides is 2. The Kier molecular flexibility index (Phi) is 8.61. The van der Waals surface area contributed by atoms with Gasteiger partial charge in [-0.15, -0.1) is 0 Å². The van der Waals surface area contributed by atoms with Crippen LogP contribution in [0.25, 0.3) is 0 Å². The molecule has 0 heterocycles. The maximum absolute atomic E-state index is 11.4. The van der Waals surface area contributed by atoms with E-state index in [1.807, 2.05) is 6.92 Å². The fourth-order valence-electron chi connectivity index (χ4n) is 1.43. The summed E-state index contributed by atoms with van der Waals surface area (Å²) in [5, 5.41) is 13.8. The minimum atomic E-state index is -0.908. The van der Waals surface area contributed by atoms with Crippen LogP contribution in [-0.2, 0) is 14.4 Å². The van der Waals surface area contributed by atoms with Gasteiger partial charge in [-0.1, -0.05) is 13.8 Å². The standard InChI is InChI=1S/C12H22N2O4/c1-3-5-13-10(15)4-6-14-11(16)7-9(2)8-12(17)18/h9H,3-8H2,1-2H3,(H,13,15)(H,14,16)(H,17,18). The number of rotatable bonds is 9. The molecule has 0 fully saturated rings. The van der Waals surface area contributed by atoms with Gasteiger partial charge >= 0.3 is 5.97 Å². The summed E-state index contributed by atoms with van der Waals surface area (Å²) in [5.41, 5.74) is 0. The summed E-state index contributed by atoms with van der Waals surface area (Å²) >= 11 is 0. The topological polar surface area (TPSA) is 95.5 Å². The van der Waals surface area contributed by atoms with E-state index >= 15 is 0 Å². The van der Waals surface area contributed by atoms with Crippen LogP contribution in [0.4, 0.5) is 0 Å². The SMILES string of the molecule is CCCNC(=O)CCNC(=O)CC(C)CC(=O)O. The summed E-state index contributed by atoms with van der Waals surface area (Å²) in [6, 6.07) is 0. The van der Waals surface area contributed by atoms with Gasteiger partial charge in [-0.25, -0.2) is 0 Å². The second-order valence-electron chi connectivity index (χ2n) is 4.36. The molecule has 0 aliphatic carbocycles. The molecule has 0 spiro atoms. The summed E-state index contributed by atoms with van der Waals surface area (Å²) in [6.45, 7) is 4.60. The molecule has 1 unspecified atom stereocenters. The number of aliphatic carboxylic acids is 1. The number of carboxylic acids is 1. The predicted molar refractivity (Wildman–Crippen MR) is 67.0 cm³/mol. The van der Waals surface area contributed by atoms with Gasteiger partial charge in [-0.2, -0.15) is 0 Å². The molecule has 0 radical (unpaired) electrons. The highest BCUT2D eigenvalue weighted by Crippen LogP contribution is 2.06. The number of nitrogens with one attached hydrogen (secondary N) is 2. The quantitative estimate of drug-likeness (QED) is 0.562. The largest absolute Gasteiger partial charge is 0.481 e. The number of carboxylic acid groups (broad SMARTS) is 1. The molecular weight excluding hydrogens is 236 g/mol. The molecule has 1 atom stereocenters. The zero-order chi connectivity index (χ0) is 14.0. The molecule has 2 amide bonds. The van der Waals surface area contributed by atoms with Crippen molar-refractivity contribution in [3.05, 3.63) is 0 Å². The summed E-state index contributed by atoms with van der Waals surface area (Å²) < 4.78 is 0. The maximum Gasteiger partial charge on any atom is 0.303 e. The number of carbonyl (C=O) groups is 3. The van der Waals surface area contributed by atoms with Crippen LogP contribution < -0.4 is 10.6 Å². The van der Waals surface area contributed by atoms with Gasteiger partial charge in [0.2, 0.25) is 11.8 Å². The van der Waals surface area contributed by atoms with Crippen molar-refractivity contribution < 1.29 is 19.5 Å². The maximum atomic E-state index is 11.4. The van der Waals surface area contributed by atoms with Gasteiger partial charge in [0.1, 0.15) is 0 Å². The van der Waals surface area contributed by atoms with Crippen molar-refractivity contribution in [2.45, 2.75) is 39.5 Å². The van der Waals surface area contributed by atoms with E-state index in [1.165, 1.54) is 0 Å². The van der Waals surface area contributed by atoms with Gasteiger partial charge in [0, 0.05) is 32.4 Å². The summed E-state index contributed by atoms with van der Waals surface area (Å²) in [5.74, 6) is -1.41. The van der Waals surface area contributed by atoms with E-state index in [-0.39, 0.29) is 43.5 Å². The molecule has 0 saturated heterocycles. The summed E-state index contributed by atoms with van der Waals surface area (Å²) in [4.78, 5) is 33.0. The molecule has 0 aliphatic heterocycles. The van der Waals surface area contributed by atoms with Crippen molar-refractivity contribution in [2.75, 3.05) is 13.1 Å². The van der Waals surface area contributed by atoms with Gasteiger partial charge in [0.15, 0.2) is 0 Å². The molecule has 0 saturated carbocycles. The zero-order valence-electron chi connectivity index (χ0n) is 11.0. The van der Waals surface area contributed by atoms with Crippen molar-refractivity contribution in [1.29, 1.82) is 0 Å². The van der Waals surface area contributed by atoms with E-state index in [0.29, 0.717) is 6.54 Å².